The van der Waals surface area contributed by atoms with E-state index in [1.807, 2.05) is 19.1 Å². The van der Waals surface area contributed by atoms with E-state index in [-0.39, 0.29) is 59.2 Å². The van der Waals surface area contributed by atoms with Gasteiger partial charge in [-0.05, 0) is 61.4 Å². The van der Waals surface area contributed by atoms with Crippen LogP contribution in [0.25, 0.3) is 0 Å². The maximum absolute atomic E-state index is 13.8. The number of ether oxygens (including phenoxy) is 2. The van der Waals surface area contributed by atoms with E-state index in [0.717, 1.165) is 42.7 Å². The number of carboxylic acid groups (broad SMARTS) is 1. The van der Waals surface area contributed by atoms with E-state index in [4.69, 9.17) is 25.7 Å². The fourth-order valence-electron chi connectivity index (χ4n) is 5.37. The highest BCUT2D eigenvalue weighted by Gasteiger charge is 2.31. The number of carbonyl (C=O) groups excluding carboxylic acids is 2. The Morgan fingerprint density at radius 1 is 1.07 bits per heavy atom. The number of amidine groups is 1. The van der Waals surface area contributed by atoms with Crippen LogP contribution in [0.15, 0.2) is 24.3 Å². The zero-order chi connectivity index (χ0) is 29.9. The molecule has 4 rings (SSSR count). The fraction of sp³-hybridized carbons (Fsp3) is 0.484. The van der Waals surface area contributed by atoms with Crippen LogP contribution in [0.3, 0.4) is 0 Å². The quantitative estimate of drug-likeness (QED) is 0.218. The van der Waals surface area contributed by atoms with Gasteiger partial charge in [-0.3, -0.25) is 19.8 Å². The van der Waals surface area contributed by atoms with Gasteiger partial charge in [0.15, 0.2) is 5.78 Å². The summed E-state index contributed by atoms with van der Waals surface area (Å²) in [7, 11) is 0. The van der Waals surface area contributed by atoms with Crippen molar-refractivity contribution < 1.29 is 29.0 Å². The summed E-state index contributed by atoms with van der Waals surface area (Å²) in [6.07, 6.45) is 2.50. The molecule has 0 saturated carbocycles. The van der Waals surface area contributed by atoms with Gasteiger partial charge in [-0.15, -0.1) is 17.0 Å². The number of carbonyl (C=O) groups is 3. The summed E-state index contributed by atoms with van der Waals surface area (Å²) in [5.41, 5.74) is 9.06. The molecule has 0 aromatic heterocycles. The third-order valence-electron chi connectivity index (χ3n) is 7.47. The molecule has 1 saturated heterocycles. The summed E-state index contributed by atoms with van der Waals surface area (Å²) >= 11 is 0. The molecule has 1 fully saturated rings. The molecule has 0 radical (unpaired) electrons. The minimum Gasteiger partial charge on any atom is -0.493 e. The summed E-state index contributed by atoms with van der Waals surface area (Å²) in [5.74, 6) is -0.388. The highest BCUT2D eigenvalue weighted by molar-refractivity contribution is 8.93. The Hall–Kier alpha value is -3.60. The molecule has 11 heteroatoms. The third-order valence-corrected chi connectivity index (χ3v) is 7.47. The van der Waals surface area contributed by atoms with Gasteiger partial charge >= 0.3 is 5.97 Å². The first-order chi connectivity index (χ1) is 19.4. The van der Waals surface area contributed by atoms with Crippen LogP contribution in [0.1, 0.15) is 90.8 Å². The second-order valence-corrected chi connectivity index (χ2v) is 11.6. The van der Waals surface area contributed by atoms with E-state index in [2.05, 4.69) is 25.7 Å². The molecule has 1 amide bonds. The highest BCUT2D eigenvalue weighted by atomic mass is 79.9. The standard InChI is InChI=1S/C31H40N4O6.BrH/c1-5-40-26-15-20-17-35(29(32)21(20)16-22(26)30(33)39)18-25(36)19-13-23(31(2,3)4)28(41-12-8-9-27(37)38)24(14-19)34-10-6-7-11-34;/h13-16,32H,5-12,17-18H2,1-4H3,(H2,33,39)(H,37,38);1H. The lowest BCUT2D eigenvalue weighted by atomic mass is 9.84. The molecule has 42 heavy (non-hydrogen) atoms. The third kappa shape index (κ3) is 7.24. The average Bonchev–Trinajstić information content (AvgIpc) is 3.54. The first-order valence-electron chi connectivity index (χ1n) is 14.1. The Morgan fingerprint density at radius 3 is 2.36 bits per heavy atom. The zero-order valence-electron chi connectivity index (χ0n) is 24.7. The topological polar surface area (TPSA) is 146 Å². The number of carboxylic acids is 1. The number of benzene rings is 2. The summed E-state index contributed by atoms with van der Waals surface area (Å²) in [6, 6.07) is 7.06. The van der Waals surface area contributed by atoms with E-state index in [1.54, 1.807) is 17.0 Å². The molecule has 0 unspecified atom stereocenters. The lowest BCUT2D eigenvalue weighted by Crippen LogP contribution is -2.31. The number of primary amides is 1. The SMILES string of the molecule is Br.CCOc1cc2c(cc1C(N)=O)C(=N)N(CC(=O)c1cc(N3CCCC3)c(OCCCC(=O)O)c(C(C)(C)C)c1)C2. The lowest BCUT2D eigenvalue weighted by molar-refractivity contribution is -0.137. The second kappa shape index (κ2) is 13.6. The van der Waals surface area contributed by atoms with Gasteiger partial charge < -0.3 is 30.1 Å². The lowest BCUT2D eigenvalue weighted by Gasteiger charge is -2.30. The van der Waals surface area contributed by atoms with Gasteiger partial charge in [0.2, 0.25) is 0 Å². The van der Waals surface area contributed by atoms with Crippen LogP contribution in [0.5, 0.6) is 11.5 Å². The second-order valence-electron chi connectivity index (χ2n) is 11.6. The molecule has 228 valence electrons. The molecule has 2 aromatic rings. The summed E-state index contributed by atoms with van der Waals surface area (Å²) in [5, 5.41) is 17.8. The summed E-state index contributed by atoms with van der Waals surface area (Å²) < 4.78 is 11.8. The molecule has 0 atom stereocenters. The average molecular weight is 646 g/mol. The molecule has 0 aliphatic carbocycles. The molecule has 4 N–H and O–H groups in total. The number of rotatable bonds is 12. The molecular formula is C31H41BrN4O6. The van der Waals surface area contributed by atoms with Crippen LogP contribution in [-0.4, -0.2) is 66.3 Å². The van der Waals surface area contributed by atoms with E-state index in [0.29, 0.717) is 42.2 Å². The number of halogens is 1. The minimum absolute atomic E-state index is 0. The van der Waals surface area contributed by atoms with E-state index in [9.17, 15) is 14.4 Å². The van der Waals surface area contributed by atoms with Crippen molar-refractivity contribution >= 4 is 46.2 Å². The van der Waals surface area contributed by atoms with Gasteiger partial charge in [0.05, 0.1) is 31.0 Å². The summed E-state index contributed by atoms with van der Waals surface area (Å²) in [4.78, 5) is 40.7. The molecule has 2 aromatic carbocycles. The van der Waals surface area contributed by atoms with Gasteiger partial charge in [-0.2, -0.15) is 0 Å². The van der Waals surface area contributed by atoms with E-state index >= 15 is 0 Å². The predicted molar refractivity (Wildman–Crippen MR) is 167 cm³/mol. The van der Waals surface area contributed by atoms with Crippen LogP contribution in [0.2, 0.25) is 0 Å². The van der Waals surface area contributed by atoms with Crippen molar-refractivity contribution in [2.45, 2.75) is 65.3 Å². The van der Waals surface area contributed by atoms with Gasteiger partial charge in [0.1, 0.15) is 17.3 Å². The fourth-order valence-corrected chi connectivity index (χ4v) is 5.37. The molecular weight excluding hydrogens is 604 g/mol. The van der Waals surface area contributed by atoms with Crippen molar-refractivity contribution in [3.63, 3.8) is 0 Å². The van der Waals surface area contributed by atoms with Crippen LogP contribution in [0.4, 0.5) is 5.69 Å². The van der Waals surface area contributed by atoms with Crippen molar-refractivity contribution in [3.05, 3.63) is 52.1 Å². The number of hydrogen-bond donors (Lipinski definition) is 3. The number of hydrogen-bond acceptors (Lipinski definition) is 7. The molecule has 2 heterocycles. The van der Waals surface area contributed by atoms with Crippen molar-refractivity contribution in [1.82, 2.24) is 4.90 Å². The molecule has 10 nitrogen and oxygen atoms in total. The number of nitrogens with one attached hydrogen (secondary N) is 1. The number of amides is 1. The van der Waals surface area contributed by atoms with Crippen LogP contribution >= 0.6 is 17.0 Å². The van der Waals surface area contributed by atoms with Gasteiger partial charge in [0.25, 0.3) is 5.91 Å². The first-order valence-corrected chi connectivity index (χ1v) is 14.1. The first kappa shape index (κ1) is 32.9. The number of Topliss-reactive ketones (excluding diaryl/α,β-unsaturated/α-hetero) is 1. The van der Waals surface area contributed by atoms with Crippen LogP contribution in [-0.2, 0) is 16.8 Å². The Morgan fingerprint density at radius 2 is 1.76 bits per heavy atom. The normalized spacial score (nSPS) is 14.4. The Kier molecular flexibility index (Phi) is 10.6. The van der Waals surface area contributed by atoms with Gasteiger partial charge in [0, 0.05) is 42.7 Å². The largest absolute Gasteiger partial charge is 0.493 e. The molecule has 0 spiro atoms. The Balaban J connectivity index is 0.00000484. The number of anilines is 1. The van der Waals surface area contributed by atoms with Crippen molar-refractivity contribution in [3.8, 4) is 11.5 Å². The number of ketones is 1. The molecule has 0 bridgehead atoms. The Bertz CT molecular complexity index is 1360. The van der Waals surface area contributed by atoms with Crippen molar-refractivity contribution in [1.29, 1.82) is 5.41 Å². The molecule has 2 aliphatic heterocycles. The van der Waals surface area contributed by atoms with Crippen molar-refractivity contribution in [2.75, 3.05) is 37.7 Å². The minimum atomic E-state index is -0.861. The smallest absolute Gasteiger partial charge is 0.303 e. The maximum atomic E-state index is 13.8. The number of aliphatic carboxylic acids is 1. The predicted octanol–water partition coefficient (Wildman–Crippen LogP) is 4.93. The monoisotopic (exact) mass is 644 g/mol. The van der Waals surface area contributed by atoms with Crippen LogP contribution in [0, 0.1) is 5.41 Å². The Labute approximate surface area is 257 Å². The number of fused-ring (bicyclic) bond motifs is 1. The van der Waals surface area contributed by atoms with Gasteiger partial charge in [-0.25, -0.2) is 0 Å². The van der Waals surface area contributed by atoms with E-state index in [1.165, 1.54) is 0 Å². The maximum Gasteiger partial charge on any atom is 0.303 e. The van der Waals surface area contributed by atoms with E-state index < -0.39 is 11.9 Å². The molecule has 2 aliphatic rings. The highest BCUT2D eigenvalue weighted by Crippen LogP contribution is 2.42. The zero-order valence-corrected chi connectivity index (χ0v) is 26.5. The van der Waals surface area contributed by atoms with Crippen molar-refractivity contribution in [2.24, 2.45) is 5.73 Å². The number of nitrogens with zero attached hydrogens (tertiary/aromatic N) is 2. The number of nitrogens with two attached hydrogens (primary N) is 1. The van der Waals surface area contributed by atoms with Gasteiger partial charge in [-0.1, -0.05) is 20.8 Å². The summed E-state index contributed by atoms with van der Waals surface area (Å²) in [6.45, 7) is 10.7. The van der Waals surface area contributed by atoms with Crippen LogP contribution < -0.4 is 20.1 Å².